The Balaban J connectivity index is 1.64. The Labute approximate surface area is 108 Å². The standard InChI is InChI=1S/C15H21FN2/c1-11(12-4-6-13(16)7-5-12)17-14-8-10-18-9-2-3-15(14)18/h4-7,11,14-15,17H,2-3,8-10H2,1H3/t11-,14?,15?/m1/s1. The molecule has 98 valence electrons. The number of rotatable bonds is 3. The molecule has 2 nitrogen and oxygen atoms in total. The molecule has 0 radical (unpaired) electrons. The van der Waals surface area contributed by atoms with Crippen LogP contribution in [0.25, 0.3) is 0 Å². The fourth-order valence-corrected chi connectivity index (χ4v) is 3.45. The Kier molecular flexibility index (Phi) is 3.35. The fraction of sp³-hybridized carbons (Fsp3) is 0.600. The molecular weight excluding hydrogens is 227 g/mol. The number of nitrogens with zero attached hydrogens (tertiary/aromatic N) is 1. The van der Waals surface area contributed by atoms with Gasteiger partial charge in [-0.2, -0.15) is 0 Å². The average molecular weight is 248 g/mol. The van der Waals surface area contributed by atoms with Gasteiger partial charge in [0.05, 0.1) is 0 Å². The third kappa shape index (κ3) is 2.29. The molecule has 2 aliphatic rings. The summed E-state index contributed by atoms with van der Waals surface area (Å²) in [5.41, 5.74) is 1.17. The van der Waals surface area contributed by atoms with Crippen LogP contribution in [0, 0.1) is 5.82 Å². The molecule has 1 aromatic carbocycles. The van der Waals surface area contributed by atoms with Crippen LogP contribution in [0.5, 0.6) is 0 Å². The van der Waals surface area contributed by atoms with E-state index in [0.717, 1.165) is 6.04 Å². The molecule has 0 bridgehead atoms. The lowest BCUT2D eigenvalue weighted by Crippen LogP contribution is -2.40. The number of nitrogens with one attached hydrogen (secondary N) is 1. The zero-order valence-electron chi connectivity index (χ0n) is 10.9. The number of fused-ring (bicyclic) bond motifs is 1. The first-order valence-corrected chi connectivity index (χ1v) is 6.99. The minimum atomic E-state index is -0.159. The van der Waals surface area contributed by atoms with Gasteiger partial charge in [-0.05, 0) is 50.4 Å². The van der Waals surface area contributed by atoms with E-state index in [2.05, 4.69) is 17.1 Å². The highest BCUT2D eigenvalue weighted by Gasteiger charge is 2.37. The van der Waals surface area contributed by atoms with Crippen LogP contribution in [0.15, 0.2) is 24.3 Å². The highest BCUT2D eigenvalue weighted by atomic mass is 19.1. The molecule has 0 saturated carbocycles. The molecule has 3 atom stereocenters. The van der Waals surface area contributed by atoms with Crippen molar-refractivity contribution in [2.45, 2.75) is 44.3 Å². The number of hydrogen-bond donors (Lipinski definition) is 1. The molecule has 0 aliphatic carbocycles. The second-order valence-electron chi connectivity index (χ2n) is 5.58. The predicted molar refractivity (Wildman–Crippen MR) is 71.0 cm³/mol. The van der Waals surface area contributed by atoms with E-state index < -0.39 is 0 Å². The molecule has 0 amide bonds. The van der Waals surface area contributed by atoms with Crippen molar-refractivity contribution in [3.8, 4) is 0 Å². The van der Waals surface area contributed by atoms with Crippen molar-refractivity contribution in [2.75, 3.05) is 13.1 Å². The van der Waals surface area contributed by atoms with Crippen molar-refractivity contribution in [1.29, 1.82) is 0 Å². The highest BCUT2D eigenvalue weighted by molar-refractivity contribution is 5.19. The Hall–Kier alpha value is -0.930. The first-order valence-electron chi connectivity index (χ1n) is 6.99. The summed E-state index contributed by atoms with van der Waals surface area (Å²) in [6, 6.07) is 8.49. The topological polar surface area (TPSA) is 15.3 Å². The molecule has 0 spiro atoms. The summed E-state index contributed by atoms with van der Waals surface area (Å²) < 4.78 is 12.9. The summed E-state index contributed by atoms with van der Waals surface area (Å²) in [6.45, 7) is 4.68. The van der Waals surface area contributed by atoms with Crippen molar-refractivity contribution in [3.05, 3.63) is 35.6 Å². The lowest BCUT2D eigenvalue weighted by atomic mass is 10.0. The van der Waals surface area contributed by atoms with Gasteiger partial charge in [-0.1, -0.05) is 12.1 Å². The van der Waals surface area contributed by atoms with Crippen LogP contribution in [0.4, 0.5) is 4.39 Å². The first-order chi connectivity index (χ1) is 8.74. The van der Waals surface area contributed by atoms with Crippen LogP contribution in [0.3, 0.4) is 0 Å². The smallest absolute Gasteiger partial charge is 0.123 e. The zero-order valence-corrected chi connectivity index (χ0v) is 10.9. The molecule has 3 rings (SSSR count). The van der Waals surface area contributed by atoms with Crippen LogP contribution in [0.2, 0.25) is 0 Å². The lowest BCUT2D eigenvalue weighted by molar-refractivity contribution is 0.291. The molecule has 3 heteroatoms. The summed E-state index contributed by atoms with van der Waals surface area (Å²) >= 11 is 0. The van der Waals surface area contributed by atoms with Crippen molar-refractivity contribution >= 4 is 0 Å². The number of halogens is 1. The molecule has 1 N–H and O–H groups in total. The number of hydrogen-bond acceptors (Lipinski definition) is 2. The van der Waals surface area contributed by atoms with E-state index in [1.165, 1.54) is 37.9 Å². The first kappa shape index (κ1) is 12.1. The third-order valence-corrected chi connectivity index (χ3v) is 4.44. The SMILES string of the molecule is C[C@@H](NC1CCN2CCCC12)c1ccc(F)cc1. The van der Waals surface area contributed by atoms with E-state index in [1.54, 1.807) is 12.1 Å². The summed E-state index contributed by atoms with van der Waals surface area (Å²) in [4.78, 5) is 2.61. The van der Waals surface area contributed by atoms with Crippen LogP contribution in [-0.4, -0.2) is 30.1 Å². The lowest BCUT2D eigenvalue weighted by Gasteiger charge is -2.25. The van der Waals surface area contributed by atoms with Crippen molar-refractivity contribution in [1.82, 2.24) is 10.2 Å². The summed E-state index contributed by atoms with van der Waals surface area (Å²) in [5.74, 6) is -0.159. The quantitative estimate of drug-likeness (QED) is 0.885. The molecule has 18 heavy (non-hydrogen) atoms. The van der Waals surface area contributed by atoms with E-state index in [1.807, 2.05) is 12.1 Å². The molecule has 2 heterocycles. The normalized spacial score (nSPS) is 29.4. The van der Waals surface area contributed by atoms with E-state index in [0.29, 0.717) is 12.1 Å². The minimum Gasteiger partial charge on any atom is -0.306 e. The molecule has 2 unspecified atom stereocenters. The van der Waals surface area contributed by atoms with Crippen LogP contribution < -0.4 is 5.32 Å². The van der Waals surface area contributed by atoms with Gasteiger partial charge in [-0.15, -0.1) is 0 Å². The minimum absolute atomic E-state index is 0.159. The van der Waals surface area contributed by atoms with Gasteiger partial charge in [-0.3, -0.25) is 4.90 Å². The van der Waals surface area contributed by atoms with Gasteiger partial charge in [-0.25, -0.2) is 4.39 Å². The Morgan fingerprint density at radius 3 is 2.78 bits per heavy atom. The Bertz CT molecular complexity index is 403. The van der Waals surface area contributed by atoms with Gasteiger partial charge in [0.2, 0.25) is 0 Å². The van der Waals surface area contributed by atoms with Crippen molar-refractivity contribution < 1.29 is 4.39 Å². The summed E-state index contributed by atoms with van der Waals surface area (Å²) in [7, 11) is 0. The van der Waals surface area contributed by atoms with Gasteiger partial charge in [0, 0.05) is 24.7 Å². The molecular formula is C15H21FN2. The number of benzene rings is 1. The third-order valence-electron chi connectivity index (χ3n) is 4.44. The van der Waals surface area contributed by atoms with Crippen molar-refractivity contribution in [3.63, 3.8) is 0 Å². The second kappa shape index (κ2) is 4.98. The van der Waals surface area contributed by atoms with Gasteiger partial charge in [0.25, 0.3) is 0 Å². The van der Waals surface area contributed by atoms with Crippen LogP contribution in [0.1, 0.15) is 37.8 Å². The highest BCUT2D eigenvalue weighted by Crippen LogP contribution is 2.29. The van der Waals surface area contributed by atoms with Gasteiger partial charge in [0.15, 0.2) is 0 Å². The second-order valence-corrected chi connectivity index (χ2v) is 5.58. The van der Waals surface area contributed by atoms with E-state index in [4.69, 9.17) is 0 Å². The largest absolute Gasteiger partial charge is 0.306 e. The zero-order chi connectivity index (χ0) is 12.5. The van der Waals surface area contributed by atoms with E-state index >= 15 is 0 Å². The van der Waals surface area contributed by atoms with Gasteiger partial charge in [0.1, 0.15) is 5.82 Å². The molecule has 2 saturated heterocycles. The Morgan fingerprint density at radius 2 is 2.00 bits per heavy atom. The molecule has 0 aromatic heterocycles. The van der Waals surface area contributed by atoms with Crippen LogP contribution >= 0.6 is 0 Å². The maximum Gasteiger partial charge on any atom is 0.123 e. The Morgan fingerprint density at radius 1 is 1.22 bits per heavy atom. The van der Waals surface area contributed by atoms with Crippen molar-refractivity contribution in [2.24, 2.45) is 0 Å². The fourth-order valence-electron chi connectivity index (χ4n) is 3.45. The average Bonchev–Trinajstić information content (AvgIpc) is 2.95. The monoisotopic (exact) mass is 248 g/mol. The van der Waals surface area contributed by atoms with Crippen LogP contribution in [-0.2, 0) is 0 Å². The molecule has 2 aliphatic heterocycles. The van der Waals surface area contributed by atoms with Gasteiger partial charge >= 0.3 is 0 Å². The van der Waals surface area contributed by atoms with Gasteiger partial charge < -0.3 is 5.32 Å². The maximum absolute atomic E-state index is 12.9. The van der Waals surface area contributed by atoms with E-state index in [-0.39, 0.29) is 5.82 Å². The molecule has 2 fully saturated rings. The summed E-state index contributed by atoms with van der Waals surface area (Å²) in [6.07, 6.45) is 3.91. The van der Waals surface area contributed by atoms with E-state index in [9.17, 15) is 4.39 Å². The molecule has 1 aromatic rings. The predicted octanol–water partition coefficient (Wildman–Crippen LogP) is 2.71. The summed E-state index contributed by atoms with van der Waals surface area (Å²) in [5, 5.41) is 3.72. The maximum atomic E-state index is 12.9.